The third-order valence-electron chi connectivity index (χ3n) is 6.00. The lowest BCUT2D eigenvalue weighted by molar-refractivity contribution is 0.313. The molecule has 0 saturated carbocycles. The molecule has 160 valence electrons. The molecule has 8 heteroatoms. The summed E-state index contributed by atoms with van der Waals surface area (Å²) in [5.74, 6) is 0.576. The van der Waals surface area contributed by atoms with Gasteiger partial charge in [0.1, 0.15) is 16.6 Å². The van der Waals surface area contributed by atoms with Gasteiger partial charge >= 0.3 is 0 Å². The van der Waals surface area contributed by atoms with Crippen molar-refractivity contribution in [2.45, 2.75) is 26.8 Å². The number of anilines is 3. The number of rotatable bonds is 4. The predicted octanol–water partition coefficient (Wildman–Crippen LogP) is 3.76. The molecular formula is C23H28N8. The van der Waals surface area contributed by atoms with E-state index in [4.69, 9.17) is 4.98 Å². The van der Waals surface area contributed by atoms with Gasteiger partial charge in [-0.25, -0.2) is 14.6 Å². The average Bonchev–Trinajstić information content (AvgIpc) is 3.21. The van der Waals surface area contributed by atoms with Gasteiger partial charge in [0.2, 0.25) is 5.95 Å². The molecule has 4 aromatic rings. The van der Waals surface area contributed by atoms with E-state index in [1.807, 2.05) is 23.0 Å². The van der Waals surface area contributed by atoms with Gasteiger partial charge in [0.25, 0.3) is 0 Å². The molecule has 2 aromatic carbocycles. The smallest absolute Gasteiger partial charge is 0.227 e. The number of nitrogens with zero attached hydrogens (tertiary/aromatic N) is 7. The summed E-state index contributed by atoms with van der Waals surface area (Å²) in [6.45, 7) is 10.6. The Hall–Kier alpha value is -3.26. The van der Waals surface area contributed by atoms with E-state index in [-0.39, 0.29) is 6.04 Å². The minimum Gasteiger partial charge on any atom is -0.369 e. The summed E-state index contributed by atoms with van der Waals surface area (Å²) in [5, 5.41) is 13.0. The first-order valence-electron chi connectivity index (χ1n) is 10.8. The summed E-state index contributed by atoms with van der Waals surface area (Å²) in [6.07, 6.45) is 1.86. The van der Waals surface area contributed by atoms with Crippen molar-refractivity contribution in [1.29, 1.82) is 0 Å². The minimum atomic E-state index is 0.200. The van der Waals surface area contributed by atoms with Crippen molar-refractivity contribution in [3.05, 3.63) is 42.1 Å². The zero-order valence-electron chi connectivity index (χ0n) is 18.5. The van der Waals surface area contributed by atoms with E-state index < -0.39 is 0 Å². The fourth-order valence-corrected chi connectivity index (χ4v) is 4.11. The molecule has 0 unspecified atom stereocenters. The summed E-state index contributed by atoms with van der Waals surface area (Å²) in [6, 6.07) is 10.7. The Balaban J connectivity index is 1.46. The number of aromatic nitrogens is 5. The number of hydrogen-bond donors (Lipinski definition) is 1. The van der Waals surface area contributed by atoms with E-state index in [0.717, 1.165) is 53.8 Å². The lowest BCUT2D eigenvalue weighted by atomic mass is 10.1. The number of nitrogens with one attached hydrogen (secondary N) is 1. The largest absolute Gasteiger partial charge is 0.369 e. The molecule has 5 rings (SSSR count). The second-order valence-electron chi connectivity index (χ2n) is 8.61. The molecule has 8 nitrogen and oxygen atoms in total. The van der Waals surface area contributed by atoms with E-state index in [0.29, 0.717) is 5.95 Å². The van der Waals surface area contributed by atoms with E-state index >= 15 is 0 Å². The summed E-state index contributed by atoms with van der Waals surface area (Å²) < 4.78 is 1.92. The van der Waals surface area contributed by atoms with Gasteiger partial charge in [0.05, 0.1) is 0 Å². The Morgan fingerprint density at radius 3 is 2.58 bits per heavy atom. The maximum Gasteiger partial charge on any atom is 0.227 e. The fraction of sp³-hybridized carbons (Fsp3) is 0.391. The first-order chi connectivity index (χ1) is 15.0. The molecule has 1 N–H and O–H groups in total. The van der Waals surface area contributed by atoms with Gasteiger partial charge in [-0.05, 0) is 63.7 Å². The van der Waals surface area contributed by atoms with Crippen LogP contribution in [-0.2, 0) is 0 Å². The van der Waals surface area contributed by atoms with Crippen LogP contribution in [-0.4, -0.2) is 63.1 Å². The lowest BCUT2D eigenvalue weighted by Gasteiger charge is -2.34. The highest BCUT2D eigenvalue weighted by Crippen LogP contribution is 2.28. The molecular weight excluding hydrogens is 388 g/mol. The van der Waals surface area contributed by atoms with E-state index in [9.17, 15) is 0 Å². The quantitative estimate of drug-likeness (QED) is 0.543. The average molecular weight is 417 g/mol. The first-order valence-corrected chi connectivity index (χ1v) is 10.8. The highest BCUT2D eigenvalue weighted by molar-refractivity contribution is 6.01. The maximum absolute atomic E-state index is 4.84. The van der Waals surface area contributed by atoms with Crippen LogP contribution in [0.4, 0.5) is 17.3 Å². The van der Waals surface area contributed by atoms with Gasteiger partial charge < -0.3 is 15.1 Å². The van der Waals surface area contributed by atoms with E-state index in [1.165, 1.54) is 11.3 Å². The molecule has 1 saturated heterocycles. The van der Waals surface area contributed by atoms with Gasteiger partial charge in [0, 0.05) is 55.2 Å². The van der Waals surface area contributed by atoms with Crippen LogP contribution in [0, 0.1) is 6.92 Å². The molecule has 0 bridgehead atoms. The van der Waals surface area contributed by atoms with Crippen molar-refractivity contribution in [2.75, 3.05) is 43.4 Å². The Morgan fingerprint density at radius 1 is 1.03 bits per heavy atom. The van der Waals surface area contributed by atoms with Crippen LogP contribution in [0.15, 0.2) is 36.5 Å². The Kier molecular flexibility index (Phi) is 4.94. The summed E-state index contributed by atoms with van der Waals surface area (Å²) in [4.78, 5) is 14.2. The van der Waals surface area contributed by atoms with Gasteiger partial charge in [-0.3, -0.25) is 0 Å². The second-order valence-corrected chi connectivity index (χ2v) is 8.61. The minimum absolute atomic E-state index is 0.200. The number of likely N-dealkylation sites (N-methyl/N-ethyl adjacent to an activating group) is 1. The fourth-order valence-electron chi connectivity index (χ4n) is 4.11. The van der Waals surface area contributed by atoms with Crippen LogP contribution >= 0.6 is 0 Å². The topological polar surface area (TPSA) is 75.0 Å². The number of hydrogen-bond acceptors (Lipinski definition) is 7. The highest BCUT2D eigenvalue weighted by atomic mass is 15.4. The monoisotopic (exact) mass is 416 g/mol. The van der Waals surface area contributed by atoms with Crippen molar-refractivity contribution in [2.24, 2.45) is 0 Å². The van der Waals surface area contributed by atoms with Gasteiger partial charge in [-0.2, -0.15) is 0 Å². The molecule has 31 heavy (non-hydrogen) atoms. The SMILES string of the molecule is Cc1cc(N2CCN(C)CC2)ccc1Nc1ncc2ccc3nnn(C(C)C)c3c2n1. The Morgan fingerprint density at radius 2 is 1.84 bits per heavy atom. The van der Waals surface area contributed by atoms with Crippen LogP contribution in [0.25, 0.3) is 21.9 Å². The van der Waals surface area contributed by atoms with Crippen molar-refractivity contribution in [1.82, 2.24) is 29.9 Å². The Bertz CT molecular complexity index is 1240. The van der Waals surface area contributed by atoms with Crippen LogP contribution in [0.5, 0.6) is 0 Å². The van der Waals surface area contributed by atoms with Gasteiger partial charge in [0.15, 0.2) is 0 Å². The molecule has 0 spiro atoms. The molecule has 0 radical (unpaired) electrons. The van der Waals surface area contributed by atoms with Crippen LogP contribution < -0.4 is 10.2 Å². The number of benzene rings is 2. The molecule has 1 aliphatic heterocycles. The number of fused-ring (bicyclic) bond motifs is 3. The van der Waals surface area contributed by atoms with Crippen molar-refractivity contribution in [3.8, 4) is 0 Å². The zero-order valence-corrected chi connectivity index (χ0v) is 18.5. The standard InChI is InChI=1S/C23H28N8/c1-15(2)31-22-20(27-28-31)7-5-17-14-24-23(26-21(17)22)25-19-8-6-18(13-16(19)3)30-11-9-29(4)10-12-30/h5-8,13-15H,9-12H2,1-4H3,(H,24,25,26). The van der Waals surface area contributed by atoms with Crippen LogP contribution in [0.2, 0.25) is 0 Å². The lowest BCUT2D eigenvalue weighted by Crippen LogP contribution is -2.44. The molecule has 0 amide bonds. The van der Waals surface area contributed by atoms with Crippen molar-refractivity contribution >= 4 is 39.3 Å². The molecule has 1 aliphatic rings. The van der Waals surface area contributed by atoms with Gasteiger partial charge in [-0.1, -0.05) is 5.21 Å². The van der Waals surface area contributed by atoms with Crippen molar-refractivity contribution in [3.63, 3.8) is 0 Å². The zero-order chi connectivity index (χ0) is 21.5. The van der Waals surface area contributed by atoms with E-state index in [2.05, 4.69) is 76.4 Å². The molecule has 0 atom stereocenters. The summed E-state index contributed by atoms with van der Waals surface area (Å²) in [5.41, 5.74) is 6.11. The second kappa shape index (κ2) is 7.77. The molecule has 0 aliphatic carbocycles. The maximum atomic E-state index is 4.84. The van der Waals surface area contributed by atoms with Crippen LogP contribution in [0.1, 0.15) is 25.5 Å². The van der Waals surface area contributed by atoms with Crippen molar-refractivity contribution < 1.29 is 0 Å². The summed E-state index contributed by atoms with van der Waals surface area (Å²) in [7, 11) is 2.18. The third-order valence-corrected chi connectivity index (χ3v) is 6.00. The first kappa shape index (κ1) is 19.7. The predicted molar refractivity (Wildman–Crippen MR) is 125 cm³/mol. The van der Waals surface area contributed by atoms with Gasteiger partial charge in [-0.15, -0.1) is 5.10 Å². The van der Waals surface area contributed by atoms with Crippen LogP contribution in [0.3, 0.4) is 0 Å². The Labute approximate surface area is 181 Å². The summed E-state index contributed by atoms with van der Waals surface area (Å²) >= 11 is 0. The highest BCUT2D eigenvalue weighted by Gasteiger charge is 2.16. The van der Waals surface area contributed by atoms with E-state index in [1.54, 1.807) is 0 Å². The molecule has 3 heterocycles. The number of aryl methyl sites for hydroxylation is 1. The third kappa shape index (κ3) is 3.67. The normalized spacial score (nSPS) is 15.3. The molecule has 1 fully saturated rings. The molecule has 2 aromatic heterocycles. The number of piperazine rings is 1.